The standard InChI is InChI=1S/C22H16NO2PS/c23-15-19-10-12-21(13-11-19)22-3-1-2-18(14-22)7-4-17-5-8-20(9-6-17)16-26(24,25)27/h1-3,5-6,8-14H,16H2,(H2,24,25,27). The van der Waals surface area contributed by atoms with Gasteiger partial charge in [0.25, 0.3) is 0 Å². The summed E-state index contributed by atoms with van der Waals surface area (Å²) in [5.41, 5.74) is 5.23. The molecule has 0 spiro atoms. The Morgan fingerprint density at radius 3 is 2.04 bits per heavy atom. The number of nitrogens with zero attached hydrogens (tertiary/aromatic N) is 1. The number of rotatable bonds is 3. The highest BCUT2D eigenvalue weighted by atomic mass is 32.5. The van der Waals surface area contributed by atoms with Gasteiger partial charge in [-0.3, -0.25) is 0 Å². The highest BCUT2D eigenvalue weighted by Gasteiger charge is 2.08. The molecule has 0 amide bonds. The van der Waals surface area contributed by atoms with Gasteiger partial charge in [0.1, 0.15) is 0 Å². The zero-order valence-electron chi connectivity index (χ0n) is 14.3. The molecule has 0 heterocycles. The first-order valence-electron chi connectivity index (χ1n) is 8.19. The van der Waals surface area contributed by atoms with Gasteiger partial charge in [0.15, 0.2) is 6.49 Å². The zero-order chi connectivity index (χ0) is 19.3. The lowest BCUT2D eigenvalue weighted by atomic mass is 10.0. The first-order valence-corrected chi connectivity index (χ1v) is 11.1. The molecule has 0 radical (unpaired) electrons. The largest absolute Gasteiger partial charge is 0.345 e. The Hall–Kier alpha value is -2.72. The van der Waals surface area contributed by atoms with E-state index in [-0.39, 0.29) is 6.16 Å². The fourth-order valence-electron chi connectivity index (χ4n) is 2.59. The van der Waals surface area contributed by atoms with E-state index in [0.717, 1.165) is 27.8 Å². The van der Waals surface area contributed by atoms with Crippen molar-refractivity contribution in [1.82, 2.24) is 0 Å². The Labute approximate surface area is 163 Å². The maximum Gasteiger partial charge on any atom is 0.187 e. The van der Waals surface area contributed by atoms with Crippen LogP contribution in [0, 0.1) is 23.2 Å². The van der Waals surface area contributed by atoms with Crippen LogP contribution in [0.1, 0.15) is 22.3 Å². The van der Waals surface area contributed by atoms with E-state index in [1.54, 1.807) is 12.1 Å². The number of benzene rings is 3. The Kier molecular flexibility index (Phi) is 5.87. The van der Waals surface area contributed by atoms with Crippen LogP contribution in [0.15, 0.2) is 72.8 Å². The molecule has 0 aromatic heterocycles. The minimum atomic E-state index is -3.23. The van der Waals surface area contributed by atoms with E-state index in [2.05, 4.69) is 29.7 Å². The van der Waals surface area contributed by atoms with Crippen molar-refractivity contribution >= 4 is 18.3 Å². The maximum atomic E-state index is 9.38. The van der Waals surface area contributed by atoms with Crippen LogP contribution in [0.2, 0.25) is 0 Å². The van der Waals surface area contributed by atoms with Gasteiger partial charge in [-0.2, -0.15) is 5.26 Å². The van der Waals surface area contributed by atoms with Crippen LogP contribution >= 0.6 is 6.49 Å². The lowest BCUT2D eigenvalue weighted by molar-refractivity contribution is 0.477. The molecule has 27 heavy (non-hydrogen) atoms. The molecule has 0 unspecified atom stereocenters. The third kappa shape index (κ3) is 5.63. The molecule has 3 nitrogen and oxygen atoms in total. The number of hydrogen-bond acceptors (Lipinski definition) is 2. The smallest absolute Gasteiger partial charge is 0.187 e. The predicted octanol–water partition coefficient (Wildman–Crippen LogP) is 4.42. The maximum absolute atomic E-state index is 9.38. The van der Waals surface area contributed by atoms with Crippen molar-refractivity contribution in [2.24, 2.45) is 0 Å². The molecule has 132 valence electrons. The second kappa shape index (κ2) is 8.31. The third-order valence-electron chi connectivity index (χ3n) is 3.90. The fraction of sp³-hybridized carbons (Fsp3) is 0.0455. The van der Waals surface area contributed by atoms with Crippen LogP contribution in [0.25, 0.3) is 11.1 Å². The van der Waals surface area contributed by atoms with Gasteiger partial charge in [-0.05, 0) is 64.9 Å². The lowest BCUT2D eigenvalue weighted by Crippen LogP contribution is -1.86. The number of nitriles is 1. The molecule has 0 fully saturated rings. The Balaban J connectivity index is 1.79. The van der Waals surface area contributed by atoms with E-state index in [9.17, 15) is 9.79 Å². The SMILES string of the molecule is N#Cc1ccc(-c2cccc(C#Cc3ccc(CP(O)(O)=S)cc3)c2)cc1. The fourth-order valence-corrected chi connectivity index (χ4v) is 3.72. The third-order valence-corrected chi connectivity index (χ3v) is 5.07. The van der Waals surface area contributed by atoms with Crippen LogP contribution in [-0.4, -0.2) is 9.79 Å². The molecule has 5 heteroatoms. The summed E-state index contributed by atoms with van der Waals surface area (Å²) in [6, 6.07) is 24.8. The highest BCUT2D eigenvalue weighted by Crippen LogP contribution is 2.39. The molecule has 0 bridgehead atoms. The quantitative estimate of drug-likeness (QED) is 0.514. The molecule has 3 aromatic rings. The van der Waals surface area contributed by atoms with E-state index >= 15 is 0 Å². The van der Waals surface area contributed by atoms with E-state index in [0.29, 0.717) is 5.56 Å². The average molecular weight is 389 g/mol. The van der Waals surface area contributed by atoms with E-state index in [1.807, 2.05) is 60.7 Å². The average Bonchev–Trinajstić information content (AvgIpc) is 2.66. The van der Waals surface area contributed by atoms with Crippen LogP contribution in [0.3, 0.4) is 0 Å². The Morgan fingerprint density at radius 2 is 1.41 bits per heavy atom. The molecule has 0 saturated heterocycles. The highest BCUT2D eigenvalue weighted by molar-refractivity contribution is 8.08. The van der Waals surface area contributed by atoms with Gasteiger partial charge in [0.05, 0.1) is 11.6 Å². The number of hydrogen-bond donors (Lipinski definition) is 2. The summed E-state index contributed by atoms with van der Waals surface area (Å²) in [4.78, 5) is 18.8. The van der Waals surface area contributed by atoms with Crippen LogP contribution in [0.5, 0.6) is 0 Å². The zero-order valence-corrected chi connectivity index (χ0v) is 16.0. The van der Waals surface area contributed by atoms with Crippen LogP contribution in [0.4, 0.5) is 0 Å². The summed E-state index contributed by atoms with van der Waals surface area (Å²) in [6.07, 6.45) is 0.0999. The summed E-state index contributed by atoms with van der Waals surface area (Å²) >= 11 is 4.66. The molecule has 3 aromatic carbocycles. The van der Waals surface area contributed by atoms with Crippen molar-refractivity contribution in [2.45, 2.75) is 6.16 Å². The van der Waals surface area contributed by atoms with Gasteiger partial charge in [-0.25, -0.2) is 0 Å². The summed E-state index contributed by atoms with van der Waals surface area (Å²) in [5, 5.41) is 8.90. The van der Waals surface area contributed by atoms with E-state index in [4.69, 9.17) is 5.26 Å². The molecule has 0 aliphatic carbocycles. The second-order valence-electron chi connectivity index (χ2n) is 6.04. The van der Waals surface area contributed by atoms with Crippen molar-refractivity contribution < 1.29 is 9.79 Å². The second-order valence-corrected chi connectivity index (χ2v) is 9.44. The molecule has 0 atom stereocenters. The first kappa shape index (κ1) is 19.1. The van der Waals surface area contributed by atoms with Gasteiger partial charge in [0.2, 0.25) is 0 Å². The summed E-state index contributed by atoms with van der Waals surface area (Å²) < 4.78 is 0. The summed E-state index contributed by atoms with van der Waals surface area (Å²) in [5.74, 6) is 6.26. The van der Waals surface area contributed by atoms with Gasteiger partial charge in [0, 0.05) is 17.3 Å². The predicted molar refractivity (Wildman–Crippen MR) is 111 cm³/mol. The lowest BCUT2D eigenvalue weighted by Gasteiger charge is -2.06. The minimum Gasteiger partial charge on any atom is -0.345 e. The normalized spacial score (nSPS) is 10.6. The monoisotopic (exact) mass is 389 g/mol. The van der Waals surface area contributed by atoms with E-state index in [1.165, 1.54) is 0 Å². The van der Waals surface area contributed by atoms with Gasteiger partial charge in [-0.15, -0.1) is 0 Å². The van der Waals surface area contributed by atoms with Gasteiger partial charge in [-0.1, -0.05) is 48.2 Å². The minimum absolute atomic E-state index is 0.0999. The van der Waals surface area contributed by atoms with Crippen molar-refractivity contribution in [3.8, 4) is 29.0 Å². The topological polar surface area (TPSA) is 64.2 Å². The summed E-state index contributed by atoms with van der Waals surface area (Å²) in [6.45, 7) is -3.23. The molecule has 0 saturated carbocycles. The molecular formula is C22H16NO2PS. The molecular weight excluding hydrogens is 373 g/mol. The van der Waals surface area contributed by atoms with Gasteiger partial charge >= 0.3 is 0 Å². The molecule has 3 rings (SSSR count). The van der Waals surface area contributed by atoms with Crippen molar-refractivity contribution in [2.75, 3.05) is 0 Å². The molecule has 2 N–H and O–H groups in total. The summed E-state index contributed by atoms with van der Waals surface area (Å²) in [7, 11) is 0. The first-order chi connectivity index (χ1) is 12.9. The molecule has 0 aliphatic heterocycles. The van der Waals surface area contributed by atoms with Crippen molar-refractivity contribution in [3.05, 3.63) is 95.1 Å². The Bertz CT molecular complexity index is 1100. The molecule has 0 aliphatic rings. The van der Waals surface area contributed by atoms with E-state index < -0.39 is 6.49 Å². The Morgan fingerprint density at radius 1 is 0.778 bits per heavy atom. The van der Waals surface area contributed by atoms with Crippen molar-refractivity contribution in [3.63, 3.8) is 0 Å². The van der Waals surface area contributed by atoms with Crippen LogP contribution < -0.4 is 0 Å². The van der Waals surface area contributed by atoms with Gasteiger partial charge < -0.3 is 9.79 Å². The van der Waals surface area contributed by atoms with Crippen molar-refractivity contribution in [1.29, 1.82) is 5.26 Å². The van der Waals surface area contributed by atoms with Crippen LogP contribution in [-0.2, 0) is 18.0 Å².